The number of hydrogen-bond acceptors (Lipinski definition) is 7. The molecule has 1 heterocycles. The summed E-state index contributed by atoms with van der Waals surface area (Å²) in [6.45, 7) is 3.93. The van der Waals surface area contributed by atoms with Gasteiger partial charge in [0.05, 0.1) is 12.7 Å². The number of rotatable bonds is 5. The SMILES string of the molecule is CCOC(=O)NCc1ccc(OC2OC(C)C(O)C(O)C2O)cc1. The summed E-state index contributed by atoms with van der Waals surface area (Å²) < 4.78 is 15.7. The van der Waals surface area contributed by atoms with Gasteiger partial charge in [-0.1, -0.05) is 12.1 Å². The van der Waals surface area contributed by atoms with Crippen LogP contribution in [0, 0.1) is 0 Å². The highest BCUT2D eigenvalue weighted by atomic mass is 16.7. The molecule has 4 N–H and O–H groups in total. The van der Waals surface area contributed by atoms with Crippen molar-refractivity contribution in [3.8, 4) is 5.75 Å². The fourth-order valence-electron chi connectivity index (χ4n) is 2.29. The third-order valence-corrected chi connectivity index (χ3v) is 3.70. The summed E-state index contributed by atoms with van der Waals surface area (Å²) >= 11 is 0. The first-order valence-electron chi connectivity index (χ1n) is 7.78. The molecule has 1 fully saturated rings. The fourth-order valence-corrected chi connectivity index (χ4v) is 2.29. The van der Waals surface area contributed by atoms with E-state index in [4.69, 9.17) is 14.2 Å². The Bertz CT molecular complexity index is 536. The number of ether oxygens (including phenoxy) is 3. The number of carbonyl (C=O) groups excluding carboxylic acids is 1. The van der Waals surface area contributed by atoms with Crippen molar-refractivity contribution in [2.24, 2.45) is 0 Å². The average Bonchev–Trinajstić information content (AvgIpc) is 2.57. The van der Waals surface area contributed by atoms with Crippen molar-refractivity contribution in [3.05, 3.63) is 29.8 Å². The lowest BCUT2D eigenvalue weighted by Crippen LogP contribution is -2.58. The van der Waals surface area contributed by atoms with E-state index in [0.717, 1.165) is 5.56 Å². The zero-order valence-corrected chi connectivity index (χ0v) is 13.6. The fraction of sp³-hybridized carbons (Fsp3) is 0.562. The lowest BCUT2D eigenvalue weighted by molar-refractivity contribution is -0.268. The highest BCUT2D eigenvalue weighted by molar-refractivity contribution is 5.67. The Kier molecular flexibility index (Phi) is 6.38. The van der Waals surface area contributed by atoms with E-state index in [9.17, 15) is 20.1 Å². The average molecular weight is 341 g/mol. The molecule has 8 heteroatoms. The summed E-state index contributed by atoms with van der Waals surface area (Å²) in [6, 6.07) is 6.79. The van der Waals surface area contributed by atoms with Crippen molar-refractivity contribution in [2.75, 3.05) is 6.61 Å². The summed E-state index contributed by atoms with van der Waals surface area (Å²) in [4.78, 5) is 11.2. The van der Waals surface area contributed by atoms with Crippen LogP contribution in [0.2, 0.25) is 0 Å². The Morgan fingerprint density at radius 2 is 1.83 bits per heavy atom. The monoisotopic (exact) mass is 341 g/mol. The normalized spacial score (nSPS) is 29.8. The van der Waals surface area contributed by atoms with Crippen LogP contribution in [-0.4, -0.2) is 58.7 Å². The van der Waals surface area contributed by atoms with Gasteiger partial charge in [0.25, 0.3) is 0 Å². The van der Waals surface area contributed by atoms with Crippen LogP contribution < -0.4 is 10.1 Å². The Morgan fingerprint density at radius 1 is 1.17 bits per heavy atom. The van der Waals surface area contributed by atoms with Crippen LogP contribution in [0.4, 0.5) is 4.79 Å². The van der Waals surface area contributed by atoms with Crippen LogP contribution in [0.1, 0.15) is 19.4 Å². The molecule has 1 aromatic carbocycles. The van der Waals surface area contributed by atoms with E-state index in [1.807, 2.05) is 0 Å². The molecule has 8 nitrogen and oxygen atoms in total. The molecule has 0 radical (unpaired) electrons. The Hall–Kier alpha value is -1.87. The maximum Gasteiger partial charge on any atom is 0.407 e. The maximum atomic E-state index is 11.2. The quantitative estimate of drug-likeness (QED) is 0.602. The Morgan fingerprint density at radius 3 is 2.46 bits per heavy atom. The first-order valence-corrected chi connectivity index (χ1v) is 7.78. The highest BCUT2D eigenvalue weighted by Crippen LogP contribution is 2.24. The maximum absolute atomic E-state index is 11.2. The van der Waals surface area contributed by atoms with Gasteiger partial charge >= 0.3 is 6.09 Å². The second-order valence-corrected chi connectivity index (χ2v) is 5.52. The molecule has 1 aliphatic heterocycles. The van der Waals surface area contributed by atoms with E-state index in [1.165, 1.54) is 0 Å². The summed E-state index contributed by atoms with van der Waals surface area (Å²) in [5, 5.41) is 31.9. The molecule has 0 spiro atoms. The molecular formula is C16H23NO7. The van der Waals surface area contributed by atoms with Gasteiger partial charge in [0.15, 0.2) is 0 Å². The molecule has 134 valence electrons. The van der Waals surface area contributed by atoms with E-state index in [2.05, 4.69) is 5.32 Å². The number of carbonyl (C=O) groups is 1. The number of alkyl carbamates (subject to hydrolysis) is 1. The molecular weight excluding hydrogens is 318 g/mol. The van der Waals surface area contributed by atoms with Crippen molar-refractivity contribution in [3.63, 3.8) is 0 Å². The van der Waals surface area contributed by atoms with Crippen LogP contribution in [0.15, 0.2) is 24.3 Å². The van der Waals surface area contributed by atoms with Gasteiger partial charge in [-0.05, 0) is 31.5 Å². The van der Waals surface area contributed by atoms with Gasteiger partial charge in [-0.3, -0.25) is 0 Å². The molecule has 5 atom stereocenters. The molecule has 1 aliphatic rings. The first kappa shape index (κ1) is 18.5. The zero-order valence-electron chi connectivity index (χ0n) is 13.6. The number of hydrogen-bond donors (Lipinski definition) is 4. The van der Waals surface area contributed by atoms with E-state index in [1.54, 1.807) is 38.1 Å². The van der Waals surface area contributed by atoms with Gasteiger partial charge in [0.2, 0.25) is 6.29 Å². The molecule has 0 bridgehead atoms. The zero-order chi connectivity index (χ0) is 17.7. The molecule has 0 saturated carbocycles. The van der Waals surface area contributed by atoms with E-state index in [0.29, 0.717) is 18.9 Å². The van der Waals surface area contributed by atoms with Crippen LogP contribution in [0.3, 0.4) is 0 Å². The molecule has 0 aliphatic carbocycles. The standard InChI is InChI=1S/C16H23NO7/c1-3-22-16(21)17-8-10-4-6-11(7-5-10)24-15-14(20)13(19)12(18)9(2)23-15/h4-7,9,12-15,18-20H,3,8H2,1-2H3,(H,17,21). The third-order valence-electron chi connectivity index (χ3n) is 3.70. The van der Waals surface area contributed by atoms with Crippen LogP contribution >= 0.6 is 0 Å². The minimum atomic E-state index is -1.36. The molecule has 24 heavy (non-hydrogen) atoms. The third kappa shape index (κ3) is 4.57. The summed E-state index contributed by atoms with van der Waals surface area (Å²) in [5.41, 5.74) is 0.837. The van der Waals surface area contributed by atoms with Gasteiger partial charge < -0.3 is 34.8 Å². The number of benzene rings is 1. The second-order valence-electron chi connectivity index (χ2n) is 5.52. The molecule has 1 saturated heterocycles. The van der Waals surface area contributed by atoms with E-state index in [-0.39, 0.29) is 0 Å². The minimum Gasteiger partial charge on any atom is -0.462 e. The molecule has 1 aromatic rings. The minimum absolute atomic E-state index is 0.307. The number of nitrogens with one attached hydrogen (secondary N) is 1. The van der Waals surface area contributed by atoms with Gasteiger partial charge in [-0.25, -0.2) is 4.79 Å². The molecule has 0 aromatic heterocycles. The lowest BCUT2D eigenvalue weighted by Gasteiger charge is -2.38. The molecule has 1 amide bonds. The number of amides is 1. The van der Waals surface area contributed by atoms with Crippen LogP contribution in [0.5, 0.6) is 5.75 Å². The first-order chi connectivity index (χ1) is 11.4. The number of aliphatic hydroxyl groups is 3. The van der Waals surface area contributed by atoms with Crippen LogP contribution in [-0.2, 0) is 16.0 Å². The van der Waals surface area contributed by atoms with Crippen molar-refractivity contribution < 1.29 is 34.3 Å². The molecule has 2 rings (SSSR count). The van der Waals surface area contributed by atoms with Gasteiger partial charge in [0, 0.05) is 6.54 Å². The van der Waals surface area contributed by atoms with E-state index >= 15 is 0 Å². The highest BCUT2D eigenvalue weighted by Gasteiger charge is 2.43. The van der Waals surface area contributed by atoms with E-state index < -0.39 is 36.8 Å². The summed E-state index contributed by atoms with van der Waals surface area (Å²) in [7, 11) is 0. The van der Waals surface area contributed by atoms with Crippen molar-refractivity contribution >= 4 is 6.09 Å². The topological polar surface area (TPSA) is 117 Å². The summed E-state index contributed by atoms with van der Waals surface area (Å²) in [6.07, 6.45) is -6.11. The summed E-state index contributed by atoms with van der Waals surface area (Å²) in [5.74, 6) is 0.426. The predicted molar refractivity (Wildman–Crippen MR) is 83.3 cm³/mol. The predicted octanol–water partition coefficient (Wildman–Crippen LogP) is 0.139. The van der Waals surface area contributed by atoms with Crippen LogP contribution in [0.25, 0.3) is 0 Å². The van der Waals surface area contributed by atoms with Crippen molar-refractivity contribution in [1.82, 2.24) is 5.32 Å². The Labute approximate surface area is 140 Å². The lowest BCUT2D eigenvalue weighted by atomic mass is 10.00. The number of aliphatic hydroxyl groups excluding tert-OH is 3. The smallest absolute Gasteiger partial charge is 0.407 e. The molecule has 5 unspecified atom stereocenters. The second kappa shape index (κ2) is 8.29. The van der Waals surface area contributed by atoms with Gasteiger partial charge in [-0.2, -0.15) is 0 Å². The largest absolute Gasteiger partial charge is 0.462 e. The van der Waals surface area contributed by atoms with Crippen molar-refractivity contribution in [1.29, 1.82) is 0 Å². The Balaban J connectivity index is 1.90. The van der Waals surface area contributed by atoms with Gasteiger partial charge in [-0.15, -0.1) is 0 Å². The van der Waals surface area contributed by atoms with Gasteiger partial charge in [0.1, 0.15) is 24.1 Å². The van der Waals surface area contributed by atoms with Crippen molar-refractivity contribution in [2.45, 2.75) is 51.1 Å².